The summed E-state index contributed by atoms with van der Waals surface area (Å²) in [5.41, 5.74) is 8.99. The molecule has 1 aromatic rings. The van der Waals surface area contributed by atoms with E-state index in [4.69, 9.17) is 5.73 Å². The Balaban J connectivity index is 1.87. The molecule has 2 N–H and O–H groups in total. The Morgan fingerprint density at radius 1 is 1.17 bits per heavy atom. The van der Waals surface area contributed by atoms with Gasteiger partial charge in [-0.2, -0.15) is 0 Å². The summed E-state index contributed by atoms with van der Waals surface area (Å²) in [6.07, 6.45) is 6.60. The molecule has 1 aliphatic heterocycles. The summed E-state index contributed by atoms with van der Waals surface area (Å²) >= 11 is 0. The zero-order valence-corrected chi connectivity index (χ0v) is 11.3. The third-order valence-corrected chi connectivity index (χ3v) is 4.68. The Morgan fingerprint density at radius 2 is 2.00 bits per heavy atom. The molecule has 2 heteroatoms. The fourth-order valence-corrected chi connectivity index (χ4v) is 3.68. The van der Waals surface area contributed by atoms with Crippen LogP contribution in [0.25, 0.3) is 0 Å². The lowest BCUT2D eigenvalue weighted by molar-refractivity contribution is 0.323. The van der Waals surface area contributed by atoms with E-state index >= 15 is 0 Å². The smallest absolute Gasteiger partial charge is 0.0417 e. The second-order valence-corrected chi connectivity index (χ2v) is 6.07. The molecule has 0 radical (unpaired) electrons. The maximum atomic E-state index is 6.24. The van der Waals surface area contributed by atoms with Gasteiger partial charge in [0.2, 0.25) is 0 Å². The third-order valence-electron chi connectivity index (χ3n) is 4.68. The van der Waals surface area contributed by atoms with Crippen molar-refractivity contribution in [1.29, 1.82) is 0 Å². The molecule has 0 aromatic heterocycles. The van der Waals surface area contributed by atoms with Crippen LogP contribution in [0.3, 0.4) is 0 Å². The lowest BCUT2D eigenvalue weighted by atomic mass is 9.84. The van der Waals surface area contributed by atoms with E-state index in [2.05, 4.69) is 36.1 Å². The van der Waals surface area contributed by atoms with Crippen molar-refractivity contribution in [2.24, 2.45) is 11.7 Å². The molecule has 0 amide bonds. The van der Waals surface area contributed by atoms with Gasteiger partial charge in [-0.3, -0.25) is 0 Å². The van der Waals surface area contributed by atoms with Crippen LogP contribution >= 0.6 is 0 Å². The highest BCUT2D eigenvalue weighted by Crippen LogP contribution is 2.37. The number of anilines is 1. The van der Waals surface area contributed by atoms with Crippen molar-refractivity contribution in [3.8, 4) is 0 Å². The number of fused-ring (bicyclic) bond motifs is 1. The normalized spacial score (nSPS) is 32.1. The summed E-state index contributed by atoms with van der Waals surface area (Å²) in [7, 11) is 0. The van der Waals surface area contributed by atoms with Crippen molar-refractivity contribution in [2.75, 3.05) is 11.4 Å². The molecule has 0 spiro atoms. The largest absolute Gasteiger partial charge is 0.368 e. The van der Waals surface area contributed by atoms with Gasteiger partial charge in [0.15, 0.2) is 0 Å². The highest BCUT2D eigenvalue weighted by Gasteiger charge is 2.29. The van der Waals surface area contributed by atoms with Crippen LogP contribution in [-0.2, 0) is 0 Å². The maximum Gasteiger partial charge on any atom is 0.0417 e. The number of benzene rings is 1. The maximum absolute atomic E-state index is 6.24. The van der Waals surface area contributed by atoms with Gasteiger partial charge in [0.1, 0.15) is 0 Å². The minimum Gasteiger partial charge on any atom is -0.368 e. The van der Waals surface area contributed by atoms with Crippen LogP contribution in [0.2, 0.25) is 0 Å². The Hall–Kier alpha value is -1.02. The van der Waals surface area contributed by atoms with E-state index in [1.54, 1.807) is 0 Å². The lowest BCUT2D eigenvalue weighted by Gasteiger charge is -2.42. The summed E-state index contributed by atoms with van der Waals surface area (Å²) in [6, 6.07) is 9.70. The Labute approximate surface area is 110 Å². The zero-order chi connectivity index (χ0) is 12.5. The van der Waals surface area contributed by atoms with Crippen LogP contribution in [0.15, 0.2) is 24.3 Å². The first-order valence-corrected chi connectivity index (χ1v) is 7.37. The molecule has 1 aromatic carbocycles. The highest BCUT2D eigenvalue weighted by molar-refractivity contribution is 5.57. The molecule has 18 heavy (non-hydrogen) atoms. The molecule has 2 aliphatic rings. The molecule has 0 bridgehead atoms. The Kier molecular flexibility index (Phi) is 3.29. The van der Waals surface area contributed by atoms with E-state index in [0.717, 1.165) is 24.9 Å². The van der Waals surface area contributed by atoms with Gasteiger partial charge in [0.25, 0.3) is 0 Å². The molecule has 3 atom stereocenters. The first kappa shape index (κ1) is 12.0. The van der Waals surface area contributed by atoms with Gasteiger partial charge in [0.05, 0.1) is 0 Å². The van der Waals surface area contributed by atoms with E-state index in [0.29, 0.717) is 0 Å². The van der Waals surface area contributed by atoms with Gasteiger partial charge >= 0.3 is 0 Å². The van der Waals surface area contributed by atoms with Crippen molar-refractivity contribution < 1.29 is 0 Å². The van der Waals surface area contributed by atoms with Gasteiger partial charge in [-0.05, 0) is 36.8 Å². The summed E-state index contributed by atoms with van der Waals surface area (Å²) in [4.78, 5) is 2.63. The summed E-state index contributed by atoms with van der Waals surface area (Å²) in [5, 5.41) is 0. The van der Waals surface area contributed by atoms with Gasteiger partial charge in [-0.25, -0.2) is 0 Å². The van der Waals surface area contributed by atoms with Crippen LogP contribution in [-0.4, -0.2) is 12.6 Å². The average Bonchev–Trinajstić information content (AvgIpc) is 2.39. The predicted octanol–water partition coefficient (Wildman–Crippen LogP) is 3.48. The number of hydrogen-bond donors (Lipinski definition) is 1. The fourth-order valence-electron chi connectivity index (χ4n) is 3.68. The third kappa shape index (κ3) is 2.14. The number of hydrogen-bond acceptors (Lipinski definition) is 2. The quantitative estimate of drug-likeness (QED) is 0.819. The molecule has 98 valence electrons. The van der Waals surface area contributed by atoms with Crippen LogP contribution in [0.4, 0.5) is 5.69 Å². The first-order chi connectivity index (χ1) is 8.75. The van der Waals surface area contributed by atoms with Crippen molar-refractivity contribution in [3.63, 3.8) is 0 Å². The fraction of sp³-hybridized carbons (Fsp3) is 0.625. The second-order valence-electron chi connectivity index (χ2n) is 6.07. The van der Waals surface area contributed by atoms with Crippen LogP contribution in [0, 0.1) is 5.92 Å². The first-order valence-electron chi connectivity index (χ1n) is 7.37. The highest BCUT2D eigenvalue weighted by atomic mass is 15.2. The van der Waals surface area contributed by atoms with Gasteiger partial charge < -0.3 is 10.6 Å². The average molecular weight is 244 g/mol. The Morgan fingerprint density at radius 3 is 2.83 bits per heavy atom. The molecule has 3 rings (SSSR count). The monoisotopic (exact) mass is 244 g/mol. The SMILES string of the molecule is CC1CCCC(N2CCC(N)c3ccccc32)C1. The number of nitrogens with two attached hydrogens (primary N) is 1. The Bertz CT molecular complexity index is 415. The summed E-state index contributed by atoms with van der Waals surface area (Å²) in [5.74, 6) is 0.881. The number of rotatable bonds is 1. The van der Waals surface area contributed by atoms with Gasteiger partial charge in [-0.15, -0.1) is 0 Å². The zero-order valence-electron chi connectivity index (χ0n) is 11.3. The lowest BCUT2D eigenvalue weighted by Crippen LogP contribution is -2.43. The number of para-hydroxylation sites is 1. The molecular weight excluding hydrogens is 220 g/mol. The van der Waals surface area contributed by atoms with Crippen LogP contribution in [0.1, 0.15) is 50.6 Å². The van der Waals surface area contributed by atoms with E-state index in [9.17, 15) is 0 Å². The molecule has 1 heterocycles. The van der Waals surface area contributed by atoms with Gasteiger partial charge in [0, 0.05) is 24.3 Å². The van der Waals surface area contributed by atoms with Crippen molar-refractivity contribution in [1.82, 2.24) is 0 Å². The predicted molar refractivity (Wildman–Crippen MR) is 76.8 cm³/mol. The number of nitrogens with zero attached hydrogens (tertiary/aromatic N) is 1. The van der Waals surface area contributed by atoms with Crippen LogP contribution < -0.4 is 10.6 Å². The van der Waals surface area contributed by atoms with Crippen LogP contribution in [0.5, 0.6) is 0 Å². The molecule has 1 fully saturated rings. The molecule has 1 aliphatic carbocycles. The van der Waals surface area contributed by atoms with E-state index in [1.807, 2.05) is 0 Å². The van der Waals surface area contributed by atoms with E-state index in [-0.39, 0.29) is 6.04 Å². The van der Waals surface area contributed by atoms with Gasteiger partial charge in [-0.1, -0.05) is 38.0 Å². The van der Waals surface area contributed by atoms with Crippen molar-refractivity contribution in [2.45, 2.75) is 51.1 Å². The molecule has 3 unspecified atom stereocenters. The van der Waals surface area contributed by atoms with Crippen molar-refractivity contribution >= 4 is 5.69 Å². The molecule has 2 nitrogen and oxygen atoms in total. The minimum atomic E-state index is 0.235. The summed E-state index contributed by atoms with van der Waals surface area (Å²) in [6.45, 7) is 3.53. The van der Waals surface area contributed by atoms with E-state index in [1.165, 1.54) is 36.9 Å². The molecule has 0 saturated heterocycles. The second kappa shape index (κ2) is 4.93. The topological polar surface area (TPSA) is 29.3 Å². The molecular formula is C16H24N2. The molecule has 1 saturated carbocycles. The van der Waals surface area contributed by atoms with Crippen molar-refractivity contribution in [3.05, 3.63) is 29.8 Å². The minimum absolute atomic E-state index is 0.235. The standard InChI is InChI=1S/C16H24N2/c1-12-5-4-6-13(11-12)18-10-9-15(17)14-7-2-3-8-16(14)18/h2-3,7-8,12-13,15H,4-6,9-11,17H2,1H3. The summed E-state index contributed by atoms with van der Waals surface area (Å²) < 4.78 is 0. The van der Waals surface area contributed by atoms with E-state index < -0.39 is 0 Å².